The van der Waals surface area contributed by atoms with Gasteiger partial charge < -0.3 is 5.11 Å². The second-order valence-corrected chi connectivity index (χ2v) is 7.03. The van der Waals surface area contributed by atoms with Crippen molar-refractivity contribution in [2.75, 3.05) is 30.5 Å². The summed E-state index contributed by atoms with van der Waals surface area (Å²) in [5.41, 5.74) is 0.335. The molecule has 0 bridgehead atoms. The largest absolute Gasteiger partial charge is 0.396 e. The highest BCUT2D eigenvalue weighted by Gasteiger charge is 2.32. The SMILES string of the molecule is CCN(c1cccc(F)c1)S(=O)(=O)N1CCC(CO)CC1. The smallest absolute Gasteiger partial charge is 0.304 e. The van der Waals surface area contributed by atoms with E-state index in [1.807, 2.05) is 0 Å². The van der Waals surface area contributed by atoms with Crippen LogP contribution in [0.5, 0.6) is 0 Å². The van der Waals surface area contributed by atoms with Crippen LogP contribution in [0.15, 0.2) is 24.3 Å². The first kappa shape index (κ1) is 16.2. The zero-order valence-corrected chi connectivity index (χ0v) is 12.9. The van der Waals surface area contributed by atoms with E-state index >= 15 is 0 Å². The quantitative estimate of drug-likeness (QED) is 0.897. The lowest BCUT2D eigenvalue weighted by molar-refractivity contribution is 0.170. The van der Waals surface area contributed by atoms with Gasteiger partial charge in [-0.05, 0) is 43.9 Å². The van der Waals surface area contributed by atoms with Crippen LogP contribution in [0, 0.1) is 11.7 Å². The molecule has 0 radical (unpaired) electrons. The fourth-order valence-corrected chi connectivity index (χ4v) is 4.23. The van der Waals surface area contributed by atoms with Crippen molar-refractivity contribution in [1.82, 2.24) is 4.31 Å². The van der Waals surface area contributed by atoms with Gasteiger partial charge in [-0.2, -0.15) is 12.7 Å². The number of hydrogen-bond donors (Lipinski definition) is 1. The number of benzene rings is 1. The van der Waals surface area contributed by atoms with Crippen LogP contribution in [0.3, 0.4) is 0 Å². The summed E-state index contributed by atoms with van der Waals surface area (Å²) in [5.74, 6) is -0.291. The Kier molecular flexibility index (Phi) is 5.18. The molecule has 1 heterocycles. The van der Waals surface area contributed by atoms with Crippen molar-refractivity contribution in [3.05, 3.63) is 30.1 Å². The maximum absolute atomic E-state index is 13.3. The molecule has 21 heavy (non-hydrogen) atoms. The molecule has 1 aliphatic heterocycles. The molecule has 0 spiro atoms. The Morgan fingerprint density at radius 1 is 1.38 bits per heavy atom. The summed E-state index contributed by atoms with van der Waals surface area (Å²) in [6, 6.07) is 5.60. The Morgan fingerprint density at radius 2 is 2.05 bits per heavy atom. The van der Waals surface area contributed by atoms with Gasteiger partial charge >= 0.3 is 10.2 Å². The first-order valence-corrected chi connectivity index (χ1v) is 8.53. The third-order valence-corrected chi connectivity index (χ3v) is 5.86. The molecule has 0 aliphatic carbocycles. The topological polar surface area (TPSA) is 60.9 Å². The van der Waals surface area contributed by atoms with Gasteiger partial charge in [0.15, 0.2) is 0 Å². The lowest BCUT2D eigenvalue weighted by Crippen LogP contribution is -2.47. The second-order valence-electron chi connectivity index (χ2n) is 5.18. The summed E-state index contributed by atoms with van der Waals surface area (Å²) in [6.45, 7) is 2.84. The van der Waals surface area contributed by atoms with Gasteiger partial charge in [-0.1, -0.05) is 6.07 Å². The number of halogens is 1. The Bertz CT molecular complexity index is 571. The van der Waals surface area contributed by atoms with Crippen LogP contribution in [-0.2, 0) is 10.2 Å². The van der Waals surface area contributed by atoms with Crippen LogP contribution >= 0.6 is 0 Å². The zero-order chi connectivity index (χ0) is 15.5. The van der Waals surface area contributed by atoms with Crippen molar-refractivity contribution in [1.29, 1.82) is 0 Å². The van der Waals surface area contributed by atoms with Gasteiger partial charge in [-0.15, -0.1) is 0 Å². The molecule has 1 aromatic carbocycles. The average Bonchev–Trinajstić information content (AvgIpc) is 2.48. The van der Waals surface area contributed by atoms with Crippen molar-refractivity contribution in [2.45, 2.75) is 19.8 Å². The fourth-order valence-electron chi connectivity index (χ4n) is 2.57. The van der Waals surface area contributed by atoms with E-state index in [4.69, 9.17) is 5.11 Å². The monoisotopic (exact) mass is 316 g/mol. The van der Waals surface area contributed by atoms with Gasteiger partial charge in [0.05, 0.1) is 5.69 Å². The maximum atomic E-state index is 13.3. The molecule has 1 fully saturated rings. The summed E-state index contributed by atoms with van der Waals surface area (Å²) >= 11 is 0. The standard InChI is InChI=1S/C14H21FN2O3S/c1-2-17(14-5-3-4-13(15)10-14)21(19,20)16-8-6-12(11-18)7-9-16/h3-5,10,12,18H,2,6-9,11H2,1H3. The Balaban J connectivity index is 2.20. The summed E-state index contributed by atoms with van der Waals surface area (Å²) in [6.07, 6.45) is 1.30. The van der Waals surface area contributed by atoms with E-state index in [2.05, 4.69) is 0 Å². The van der Waals surface area contributed by atoms with E-state index < -0.39 is 16.0 Å². The number of nitrogens with zero attached hydrogens (tertiary/aromatic N) is 2. The molecular weight excluding hydrogens is 295 g/mol. The first-order chi connectivity index (χ1) is 9.98. The van der Waals surface area contributed by atoms with Crippen molar-refractivity contribution >= 4 is 15.9 Å². The number of aliphatic hydroxyl groups is 1. The molecule has 0 saturated carbocycles. The van der Waals surface area contributed by atoms with Crippen LogP contribution in [0.2, 0.25) is 0 Å². The van der Waals surface area contributed by atoms with Gasteiger partial charge in [-0.3, -0.25) is 4.31 Å². The Labute approximate surface area is 125 Å². The third kappa shape index (κ3) is 3.53. The minimum Gasteiger partial charge on any atom is -0.396 e. The number of aliphatic hydroxyl groups excluding tert-OH is 1. The first-order valence-electron chi connectivity index (χ1n) is 7.13. The fraction of sp³-hybridized carbons (Fsp3) is 0.571. The van der Waals surface area contributed by atoms with Gasteiger partial charge in [0, 0.05) is 26.2 Å². The average molecular weight is 316 g/mol. The molecule has 5 nitrogen and oxygen atoms in total. The van der Waals surface area contributed by atoms with Crippen LogP contribution < -0.4 is 4.31 Å². The van der Waals surface area contributed by atoms with E-state index in [0.717, 1.165) is 0 Å². The molecule has 1 saturated heterocycles. The van der Waals surface area contributed by atoms with Crippen molar-refractivity contribution < 1.29 is 17.9 Å². The van der Waals surface area contributed by atoms with E-state index in [9.17, 15) is 12.8 Å². The van der Waals surface area contributed by atoms with Crippen LogP contribution in [0.25, 0.3) is 0 Å². The lowest BCUT2D eigenvalue weighted by Gasteiger charge is -2.34. The van der Waals surface area contributed by atoms with E-state index in [0.29, 0.717) is 31.6 Å². The molecule has 1 aliphatic rings. The predicted octanol–water partition coefficient (Wildman–Crippen LogP) is 1.60. The number of anilines is 1. The predicted molar refractivity (Wildman–Crippen MR) is 79.7 cm³/mol. The summed E-state index contributed by atoms with van der Waals surface area (Å²) in [4.78, 5) is 0. The third-order valence-electron chi connectivity index (χ3n) is 3.82. The normalized spacial score (nSPS) is 17.9. The highest BCUT2D eigenvalue weighted by Crippen LogP contribution is 2.25. The molecule has 118 valence electrons. The second kappa shape index (κ2) is 6.72. The van der Waals surface area contributed by atoms with Crippen LogP contribution in [0.4, 0.5) is 10.1 Å². The van der Waals surface area contributed by atoms with Gasteiger partial charge in [0.25, 0.3) is 0 Å². The molecule has 0 amide bonds. The highest BCUT2D eigenvalue weighted by molar-refractivity contribution is 7.90. The van der Waals surface area contributed by atoms with E-state index in [1.54, 1.807) is 13.0 Å². The van der Waals surface area contributed by atoms with E-state index in [1.165, 1.54) is 26.8 Å². The molecule has 1 aromatic rings. The van der Waals surface area contributed by atoms with Crippen LogP contribution in [-0.4, -0.2) is 44.1 Å². The molecule has 0 unspecified atom stereocenters. The number of piperidine rings is 1. The molecule has 0 aromatic heterocycles. The zero-order valence-electron chi connectivity index (χ0n) is 12.1. The van der Waals surface area contributed by atoms with Crippen molar-refractivity contribution in [3.8, 4) is 0 Å². The Morgan fingerprint density at radius 3 is 2.57 bits per heavy atom. The number of rotatable bonds is 5. The summed E-state index contributed by atoms with van der Waals surface area (Å²) in [5, 5.41) is 9.12. The molecule has 7 heteroatoms. The van der Waals surface area contributed by atoms with Crippen molar-refractivity contribution in [3.63, 3.8) is 0 Å². The molecule has 1 N–H and O–H groups in total. The van der Waals surface area contributed by atoms with Gasteiger partial charge in [0.2, 0.25) is 0 Å². The summed E-state index contributed by atoms with van der Waals surface area (Å²) < 4.78 is 41.3. The van der Waals surface area contributed by atoms with Crippen LogP contribution in [0.1, 0.15) is 19.8 Å². The Hall–Kier alpha value is -1.18. The minimum atomic E-state index is -3.66. The number of hydrogen-bond acceptors (Lipinski definition) is 3. The van der Waals surface area contributed by atoms with Gasteiger partial charge in [0.1, 0.15) is 5.82 Å². The van der Waals surface area contributed by atoms with Crippen molar-refractivity contribution in [2.24, 2.45) is 5.92 Å². The highest BCUT2D eigenvalue weighted by atomic mass is 32.2. The van der Waals surface area contributed by atoms with Gasteiger partial charge in [-0.25, -0.2) is 4.39 Å². The summed E-state index contributed by atoms with van der Waals surface area (Å²) in [7, 11) is -3.66. The molecule has 0 atom stereocenters. The molecular formula is C14H21FN2O3S. The lowest BCUT2D eigenvalue weighted by atomic mass is 10.00. The molecule has 2 rings (SSSR count). The van der Waals surface area contributed by atoms with E-state index in [-0.39, 0.29) is 19.1 Å². The maximum Gasteiger partial charge on any atom is 0.304 e. The minimum absolute atomic E-state index is 0.0925.